The molecule has 146 valence electrons. The van der Waals surface area contributed by atoms with E-state index in [2.05, 4.69) is 15.6 Å². The van der Waals surface area contributed by atoms with Crippen molar-refractivity contribution in [1.82, 2.24) is 10.3 Å². The summed E-state index contributed by atoms with van der Waals surface area (Å²) in [5, 5.41) is 6.16. The van der Waals surface area contributed by atoms with E-state index in [1.807, 2.05) is 18.2 Å². The number of nitrogens with zero attached hydrogens (tertiary/aromatic N) is 1. The number of anilines is 1. The average molecular weight is 399 g/mol. The Morgan fingerprint density at radius 1 is 1.04 bits per heavy atom. The second kappa shape index (κ2) is 9.18. The lowest BCUT2D eigenvalue weighted by molar-refractivity contribution is -0.116. The maximum atomic E-state index is 12.1. The van der Waals surface area contributed by atoms with Crippen LogP contribution in [0.4, 0.5) is 5.13 Å². The number of benzene rings is 2. The van der Waals surface area contributed by atoms with Crippen molar-refractivity contribution in [2.75, 3.05) is 26.1 Å². The summed E-state index contributed by atoms with van der Waals surface area (Å²) in [5.74, 6) is 1.14. The average Bonchev–Trinajstić information content (AvgIpc) is 3.12. The van der Waals surface area contributed by atoms with Gasteiger partial charge in [0.05, 0.1) is 24.4 Å². The number of hydrogen-bond donors (Lipinski definition) is 2. The molecule has 7 nitrogen and oxygen atoms in total. The number of thiazole rings is 1. The van der Waals surface area contributed by atoms with Crippen LogP contribution in [0.25, 0.3) is 10.2 Å². The molecule has 0 unspecified atom stereocenters. The van der Waals surface area contributed by atoms with E-state index in [1.54, 1.807) is 38.5 Å². The van der Waals surface area contributed by atoms with Crippen molar-refractivity contribution in [3.63, 3.8) is 0 Å². The zero-order valence-corrected chi connectivity index (χ0v) is 16.5. The fraction of sp³-hybridized carbons (Fsp3) is 0.250. The van der Waals surface area contributed by atoms with Crippen molar-refractivity contribution < 1.29 is 19.1 Å². The third kappa shape index (κ3) is 4.98. The van der Waals surface area contributed by atoms with Crippen LogP contribution in [0, 0.1) is 0 Å². The molecule has 0 radical (unpaired) electrons. The Hall–Kier alpha value is -3.13. The van der Waals surface area contributed by atoms with Crippen molar-refractivity contribution in [2.45, 2.75) is 12.8 Å². The molecule has 2 aromatic carbocycles. The Balaban J connectivity index is 1.43. The van der Waals surface area contributed by atoms with E-state index < -0.39 is 0 Å². The summed E-state index contributed by atoms with van der Waals surface area (Å²) in [6, 6.07) is 12.4. The van der Waals surface area contributed by atoms with Crippen LogP contribution >= 0.6 is 11.3 Å². The topological polar surface area (TPSA) is 89.5 Å². The van der Waals surface area contributed by atoms with Crippen LogP contribution in [-0.4, -0.2) is 37.6 Å². The highest BCUT2D eigenvalue weighted by molar-refractivity contribution is 7.22. The first-order valence-corrected chi connectivity index (χ1v) is 9.57. The van der Waals surface area contributed by atoms with Gasteiger partial charge in [0, 0.05) is 18.5 Å². The van der Waals surface area contributed by atoms with E-state index in [4.69, 9.17) is 9.47 Å². The van der Waals surface area contributed by atoms with Crippen LogP contribution in [0.2, 0.25) is 0 Å². The van der Waals surface area contributed by atoms with Crippen LogP contribution in [0.3, 0.4) is 0 Å². The first-order chi connectivity index (χ1) is 13.6. The van der Waals surface area contributed by atoms with E-state index in [0.717, 1.165) is 16.0 Å². The molecule has 2 amide bonds. The second-order valence-electron chi connectivity index (χ2n) is 5.99. The van der Waals surface area contributed by atoms with Crippen LogP contribution in [0.15, 0.2) is 42.5 Å². The lowest BCUT2D eigenvalue weighted by Crippen LogP contribution is -2.25. The van der Waals surface area contributed by atoms with Gasteiger partial charge in [0.2, 0.25) is 5.91 Å². The normalized spacial score (nSPS) is 10.5. The van der Waals surface area contributed by atoms with E-state index >= 15 is 0 Å². The zero-order chi connectivity index (χ0) is 19.9. The number of aromatic nitrogens is 1. The van der Waals surface area contributed by atoms with Gasteiger partial charge in [0.15, 0.2) is 5.13 Å². The molecule has 0 atom stereocenters. The molecule has 0 saturated heterocycles. The molecule has 28 heavy (non-hydrogen) atoms. The summed E-state index contributed by atoms with van der Waals surface area (Å²) in [6.07, 6.45) is 0.828. The molecule has 1 heterocycles. The highest BCUT2D eigenvalue weighted by Gasteiger charge is 2.09. The molecule has 0 aliphatic heterocycles. The molecular weight excluding hydrogens is 378 g/mol. The number of amides is 2. The molecule has 1 aromatic heterocycles. The van der Waals surface area contributed by atoms with Crippen molar-refractivity contribution in [1.29, 1.82) is 0 Å². The minimum Gasteiger partial charge on any atom is -0.497 e. The lowest BCUT2D eigenvalue weighted by Gasteiger charge is -2.06. The summed E-state index contributed by atoms with van der Waals surface area (Å²) < 4.78 is 11.2. The third-order valence-electron chi connectivity index (χ3n) is 4.06. The number of methoxy groups -OCH3 is 2. The SMILES string of the molecule is COc1ccc(C(=O)NCCCC(=O)Nc2nc3ccc(OC)cc3s2)cc1. The molecule has 0 spiro atoms. The van der Waals surface area contributed by atoms with Crippen molar-refractivity contribution in [2.24, 2.45) is 0 Å². The summed E-state index contributed by atoms with van der Waals surface area (Å²) in [5.41, 5.74) is 1.36. The Morgan fingerprint density at radius 2 is 1.75 bits per heavy atom. The number of nitrogens with one attached hydrogen (secondary N) is 2. The van der Waals surface area contributed by atoms with Gasteiger partial charge in [-0.1, -0.05) is 11.3 Å². The molecule has 3 rings (SSSR count). The third-order valence-corrected chi connectivity index (χ3v) is 4.99. The maximum absolute atomic E-state index is 12.1. The molecular formula is C20H21N3O4S. The quantitative estimate of drug-likeness (QED) is 0.566. The van der Waals surface area contributed by atoms with Gasteiger partial charge in [-0.15, -0.1) is 0 Å². The lowest BCUT2D eigenvalue weighted by atomic mass is 10.2. The predicted molar refractivity (Wildman–Crippen MR) is 109 cm³/mol. The highest BCUT2D eigenvalue weighted by Crippen LogP contribution is 2.29. The van der Waals surface area contributed by atoms with Gasteiger partial charge in [-0.3, -0.25) is 9.59 Å². The first-order valence-electron chi connectivity index (χ1n) is 8.75. The molecule has 0 aliphatic carbocycles. The summed E-state index contributed by atoms with van der Waals surface area (Å²) in [4.78, 5) is 28.6. The van der Waals surface area contributed by atoms with Gasteiger partial charge in [-0.25, -0.2) is 4.98 Å². The fourth-order valence-electron chi connectivity index (χ4n) is 2.56. The molecule has 2 N–H and O–H groups in total. The summed E-state index contributed by atoms with van der Waals surface area (Å²) in [7, 11) is 3.18. The minimum atomic E-state index is -0.178. The van der Waals surface area contributed by atoms with Crippen molar-refractivity contribution >= 4 is 38.5 Å². The van der Waals surface area contributed by atoms with Gasteiger partial charge in [-0.2, -0.15) is 0 Å². The second-order valence-corrected chi connectivity index (χ2v) is 7.02. The van der Waals surface area contributed by atoms with E-state index in [1.165, 1.54) is 11.3 Å². The van der Waals surface area contributed by atoms with E-state index in [-0.39, 0.29) is 11.8 Å². The summed E-state index contributed by atoms with van der Waals surface area (Å²) >= 11 is 1.40. The van der Waals surface area contributed by atoms with Crippen LogP contribution in [-0.2, 0) is 4.79 Å². The van der Waals surface area contributed by atoms with Crippen LogP contribution in [0.5, 0.6) is 11.5 Å². The smallest absolute Gasteiger partial charge is 0.251 e. The molecule has 3 aromatic rings. The number of carbonyl (C=O) groups excluding carboxylic acids is 2. The zero-order valence-electron chi connectivity index (χ0n) is 15.7. The van der Waals surface area contributed by atoms with Gasteiger partial charge < -0.3 is 20.1 Å². The monoisotopic (exact) mass is 399 g/mol. The van der Waals surface area contributed by atoms with Gasteiger partial charge in [-0.05, 0) is 48.9 Å². The largest absolute Gasteiger partial charge is 0.497 e. The Morgan fingerprint density at radius 3 is 2.46 bits per heavy atom. The minimum absolute atomic E-state index is 0.135. The molecule has 0 bridgehead atoms. The Bertz CT molecular complexity index is 969. The number of carbonyl (C=O) groups is 2. The molecule has 0 aliphatic rings. The maximum Gasteiger partial charge on any atom is 0.251 e. The number of hydrogen-bond acceptors (Lipinski definition) is 6. The van der Waals surface area contributed by atoms with E-state index in [0.29, 0.717) is 35.8 Å². The van der Waals surface area contributed by atoms with Crippen molar-refractivity contribution in [3.05, 3.63) is 48.0 Å². The fourth-order valence-corrected chi connectivity index (χ4v) is 3.47. The van der Waals surface area contributed by atoms with Gasteiger partial charge in [0.25, 0.3) is 5.91 Å². The molecule has 0 saturated carbocycles. The van der Waals surface area contributed by atoms with Crippen LogP contribution in [0.1, 0.15) is 23.2 Å². The summed E-state index contributed by atoms with van der Waals surface area (Å²) in [6.45, 7) is 0.412. The highest BCUT2D eigenvalue weighted by atomic mass is 32.1. The molecule has 8 heteroatoms. The van der Waals surface area contributed by atoms with Gasteiger partial charge >= 0.3 is 0 Å². The number of ether oxygens (including phenoxy) is 2. The number of rotatable bonds is 8. The van der Waals surface area contributed by atoms with Crippen molar-refractivity contribution in [3.8, 4) is 11.5 Å². The van der Waals surface area contributed by atoms with E-state index in [9.17, 15) is 9.59 Å². The van der Waals surface area contributed by atoms with Crippen LogP contribution < -0.4 is 20.1 Å². The van der Waals surface area contributed by atoms with Gasteiger partial charge in [0.1, 0.15) is 11.5 Å². The predicted octanol–water partition coefficient (Wildman–Crippen LogP) is 3.46. The standard InChI is InChI=1S/C20H21N3O4S/c1-26-14-7-5-13(6-8-14)19(25)21-11-3-4-18(24)23-20-22-16-10-9-15(27-2)12-17(16)28-20/h5-10,12H,3-4,11H2,1-2H3,(H,21,25)(H,22,23,24). The Kier molecular flexibility index (Phi) is 6.44. The first kappa shape index (κ1) is 19.6. The Labute approximate surface area is 166 Å². The molecule has 0 fully saturated rings. The number of fused-ring (bicyclic) bond motifs is 1.